The van der Waals surface area contributed by atoms with E-state index >= 15 is 0 Å². The first-order chi connectivity index (χ1) is 13.7. The molecule has 1 heterocycles. The molecule has 1 aliphatic heterocycles. The number of carbonyl (C=O) groups is 1. The third kappa shape index (κ3) is 3.73. The molecular weight excluding hydrogens is 372 g/mol. The second kappa shape index (κ2) is 7.78. The summed E-state index contributed by atoms with van der Waals surface area (Å²) in [7, 11) is 3.20. The van der Waals surface area contributed by atoms with Crippen LogP contribution in [0.2, 0.25) is 0 Å². The number of rotatable bonds is 4. The topological polar surface area (TPSA) is 59.9 Å². The number of methoxy groups -OCH3 is 2. The number of nitrogens with zero attached hydrogens (tertiary/aromatic N) is 1. The highest BCUT2D eigenvalue weighted by atomic mass is 32.2. The van der Waals surface area contributed by atoms with E-state index in [0.717, 1.165) is 22.0 Å². The number of hydrogen-bond donors (Lipinski definition) is 1. The van der Waals surface area contributed by atoms with Gasteiger partial charge in [-0.2, -0.15) is 0 Å². The van der Waals surface area contributed by atoms with Crippen LogP contribution in [0.3, 0.4) is 0 Å². The number of hydrogen-bond acceptors (Lipinski definition) is 5. The van der Waals surface area contributed by atoms with Crippen molar-refractivity contribution in [1.82, 2.24) is 5.32 Å². The lowest BCUT2D eigenvalue weighted by molar-refractivity contribution is -0.115. The van der Waals surface area contributed by atoms with E-state index in [4.69, 9.17) is 9.47 Å². The highest BCUT2D eigenvalue weighted by Crippen LogP contribution is 2.32. The van der Waals surface area contributed by atoms with Crippen LogP contribution in [-0.2, 0) is 4.79 Å². The van der Waals surface area contributed by atoms with Gasteiger partial charge in [-0.1, -0.05) is 30.3 Å². The molecule has 0 spiro atoms. The Labute approximate surface area is 167 Å². The van der Waals surface area contributed by atoms with Gasteiger partial charge in [0.05, 0.1) is 24.8 Å². The maximum atomic E-state index is 12.4. The van der Waals surface area contributed by atoms with Crippen LogP contribution in [0.25, 0.3) is 16.8 Å². The highest BCUT2D eigenvalue weighted by Gasteiger charge is 2.24. The zero-order valence-electron chi connectivity index (χ0n) is 15.4. The predicted octanol–water partition coefficient (Wildman–Crippen LogP) is 4.75. The Morgan fingerprint density at radius 1 is 0.964 bits per heavy atom. The maximum absolute atomic E-state index is 12.4. The summed E-state index contributed by atoms with van der Waals surface area (Å²) in [6.45, 7) is 0. The monoisotopic (exact) mass is 390 g/mol. The van der Waals surface area contributed by atoms with Crippen molar-refractivity contribution in [3.05, 3.63) is 71.1 Å². The van der Waals surface area contributed by atoms with Crippen LogP contribution in [0.4, 0.5) is 5.69 Å². The van der Waals surface area contributed by atoms with Gasteiger partial charge in [0.2, 0.25) is 0 Å². The molecule has 1 amide bonds. The summed E-state index contributed by atoms with van der Waals surface area (Å²) in [6.07, 6.45) is 1.78. The minimum Gasteiger partial charge on any atom is -0.497 e. The van der Waals surface area contributed by atoms with E-state index in [1.54, 1.807) is 20.3 Å². The summed E-state index contributed by atoms with van der Waals surface area (Å²) < 4.78 is 10.6. The SMILES string of the molecule is COc1ccc(OC)c(C=C2SC(=Nc3ccc4ccccc4c3)NC2=O)c1. The van der Waals surface area contributed by atoms with Crippen LogP contribution in [0.15, 0.2) is 70.6 Å². The molecule has 140 valence electrons. The van der Waals surface area contributed by atoms with E-state index in [0.29, 0.717) is 21.6 Å². The van der Waals surface area contributed by atoms with Crippen molar-refractivity contribution in [1.29, 1.82) is 0 Å². The zero-order valence-corrected chi connectivity index (χ0v) is 16.2. The number of benzene rings is 3. The average molecular weight is 390 g/mol. The Kier molecular flexibility index (Phi) is 5.04. The summed E-state index contributed by atoms with van der Waals surface area (Å²) in [4.78, 5) is 17.5. The Bertz CT molecular complexity index is 1120. The van der Waals surface area contributed by atoms with Crippen LogP contribution in [0.1, 0.15) is 5.56 Å². The molecule has 4 rings (SSSR count). The number of thioether (sulfide) groups is 1. The van der Waals surface area contributed by atoms with Crippen molar-refractivity contribution in [2.45, 2.75) is 0 Å². The molecule has 0 bridgehead atoms. The van der Waals surface area contributed by atoms with Crippen molar-refractivity contribution in [3.8, 4) is 11.5 Å². The van der Waals surface area contributed by atoms with Crippen molar-refractivity contribution in [3.63, 3.8) is 0 Å². The van der Waals surface area contributed by atoms with Crippen molar-refractivity contribution < 1.29 is 14.3 Å². The van der Waals surface area contributed by atoms with Gasteiger partial charge < -0.3 is 14.8 Å². The molecule has 1 aliphatic rings. The Balaban J connectivity index is 1.63. The first-order valence-electron chi connectivity index (χ1n) is 8.67. The number of carbonyl (C=O) groups excluding carboxylic acids is 1. The van der Waals surface area contributed by atoms with E-state index in [9.17, 15) is 4.79 Å². The normalized spacial score (nSPS) is 16.6. The molecule has 1 N–H and O–H groups in total. The molecule has 5 nitrogen and oxygen atoms in total. The lowest BCUT2D eigenvalue weighted by Crippen LogP contribution is -2.19. The fourth-order valence-corrected chi connectivity index (χ4v) is 3.77. The Morgan fingerprint density at radius 3 is 2.57 bits per heavy atom. The van der Waals surface area contributed by atoms with Crippen LogP contribution < -0.4 is 14.8 Å². The third-order valence-corrected chi connectivity index (χ3v) is 5.25. The Morgan fingerprint density at radius 2 is 1.79 bits per heavy atom. The number of amidine groups is 1. The van der Waals surface area contributed by atoms with Crippen LogP contribution >= 0.6 is 11.8 Å². The van der Waals surface area contributed by atoms with Gasteiger partial charge in [0.25, 0.3) is 5.91 Å². The first-order valence-corrected chi connectivity index (χ1v) is 9.48. The quantitative estimate of drug-likeness (QED) is 0.653. The lowest BCUT2D eigenvalue weighted by Gasteiger charge is -2.07. The maximum Gasteiger partial charge on any atom is 0.264 e. The molecule has 0 aromatic heterocycles. The molecule has 0 aliphatic carbocycles. The zero-order chi connectivity index (χ0) is 19.5. The highest BCUT2D eigenvalue weighted by molar-refractivity contribution is 8.18. The van der Waals surface area contributed by atoms with Crippen LogP contribution in [0.5, 0.6) is 11.5 Å². The minimum atomic E-state index is -0.186. The van der Waals surface area contributed by atoms with Gasteiger partial charge in [-0.05, 0) is 58.9 Å². The van der Waals surface area contributed by atoms with Gasteiger partial charge in [0.1, 0.15) is 11.5 Å². The Hall–Kier alpha value is -3.25. The first kappa shape index (κ1) is 18.1. The molecule has 1 saturated heterocycles. The summed E-state index contributed by atoms with van der Waals surface area (Å²) in [5.74, 6) is 1.18. The third-order valence-electron chi connectivity index (χ3n) is 4.34. The summed E-state index contributed by atoms with van der Waals surface area (Å²) in [5, 5.41) is 5.63. The van der Waals surface area contributed by atoms with Crippen LogP contribution in [0, 0.1) is 0 Å². The van der Waals surface area contributed by atoms with Gasteiger partial charge in [-0.15, -0.1) is 0 Å². The molecule has 0 saturated carbocycles. The van der Waals surface area contributed by atoms with Gasteiger partial charge >= 0.3 is 0 Å². The van der Waals surface area contributed by atoms with Crippen LogP contribution in [-0.4, -0.2) is 25.3 Å². The molecule has 0 unspecified atom stereocenters. The van der Waals surface area contributed by atoms with E-state index in [1.165, 1.54) is 11.8 Å². The molecule has 0 radical (unpaired) electrons. The van der Waals surface area contributed by atoms with E-state index in [2.05, 4.69) is 16.4 Å². The lowest BCUT2D eigenvalue weighted by atomic mass is 10.1. The molecule has 6 heteroatoms. The fraction of sp³-hybridized carbons (Fsp3) is 0.0909. The average Bonchev–Trinajstić information content (AvgIpc) is 3.06. The second-order valence-electron chi connectivity index (χ2n) is 6.12. The van der Waals surface area contributed by atoms with Gasteiger partial charge in [-0.3, -0.25) is 4.79 Å². The molecule has 3 aromatic carbocycles. The molecular formula is C22H18N2O3S. The van der Waals surface area contributed by atoms with Crippen molar-refractivity contribution in [2.24, 2.45) is 4.99 Å². The molecule has 3 aromatic rings. The number of fused-ring (bicyclic) bond motifs is 1. The molecule has 0 atom stereocenters. The largest absolute Gasteiger partial charge is 0.497 e. The van der Waals surface area contributed by atoms with E-state index < -0.39 is 0 Å². The van der Waals surface area contributed by atoms with Gasteiger partial charge in [-0.25, -0.2) is 4.99 Å². The van der Waals surface area contributed by atoms with E-state index in [1.807, 2.05) is 54.6 Å². The minimum absolute atomic E-state index is 0.186. The van der Waals surface area contributed by atoms with Gasteiger partial charge in [0, 0.05) is 5.56 Å². The van der Waals surface area contributed by atoms with E-state index in [-0.39, 0.29) is 5.91 Å². The fourth-order valence-electron chi connectivity index (χ4n) is 2.94. The molecule has 28 heavy (non-hydrogen) atoms. The van der Waals surface area contributed by atoms with Crippen molar-refractivity contribution in [2.75, 3.05) is 14.2 Å². The predicted molar refractivity (Wildman–Crippen MR) is 114 cm³/mol. The summed E-state index contributed by atoms with van der Waals surface area (Å²) in [6, 6.07) is 19.5. The summed E-state index contributed by atoms with van der Waals surface area (Å²) in [5.41, 5.74) is 1.56. The number of nitrogens with one attached hydrogen (secondary N) is 1. The summed E-state index contributed by atoms with van der Waals surface area (Å²) >= 11 is 1.30. The second-order valence-corrected chi connectivity index (χ2v) is 7.15. The van der Waals surface area contributed by atoms with Gasteiger partial charge in [0.15, 0.2) is 5.17 Å². The smallest absolute Gasteiger partial charge is 0.264 e. The standard InChI is InChI=1S/C22H18N2O3S/c1-26-18-9-10-19(27-2)16(12-18)13-20-21(25)24-22(28-20)23-17-8-7-14-5-3-4-6-15(14)11-17/h3-13H,1-2H3,(H,23,24,25). The number of ether oxygens (including phenoxy) is 2. The molecule has 1 fully saturated rings. The number of aliphatic imine (C=N–C) groups is 1. The number of amides is 1. The van der Waals surface area contributed by atoms with Crippen molar-refractivity contribution >= 4 is 45.4 Å².